The fourth-order valence-corrected chi connectivity index (χ4v) is 2.25. The summed E-state index contributed by atoms with van der Waals surface area (Å²) in [6.45, 7) is 8.18. The Morgan fingerprint density at radius 3 is 2.37 bits per heavy atom. The van der Waals surface area contributed by atoms with E-state index in [1.54, 1.807) is 0 Å². The van der Waals surface area contributed by atoms with E-state index in [2.05, 4.69) is 36.2 Å². The van der Waals surface area contributed by atoms with Crippen LogP contribution in [-0.4, -0.2) is 16.1 Å². The van der Waals surface area contributed by atoms with Crippen LogP contribution in [0.3, 0.4) is 0 Å². The third kappa shape index (κ3) is 3.15. The summed E-state index contributed by atoms with van der Waals surface area (Å²) in [5, 5.41) is 0. The number of nitrogens with two attached hydrogens (primary N) is 1. The van der Waals surface area contributed by atoms with E-state index in [4.69, 9.17) is 10.6 Å². The van der Waals surface area contributed by atoms with Crippen LogP contribution >= 0.6 is 0 Å². The van der Waals surface area contributed by atoms with Gasteiger partial charge in [0.1, 0.15) is 11.9 Å². The monoisotopic (exact) mass is 264 g/mol. The highest BCUT2D eigenvalue weighted by molar-refractivity contribution is 5.48. The SMILES string of the molecule is Cc1c(NN)nc(C(C)(C)C)nc1OC1CCCC1. The zero-order chi connectivity index (χ0) is 14.0. The largest absolute Gasteiger partial charge is 0.474 e. The fourth-order valence-electron chi connectivity index (χ4n) is 2.25. The van der Waals surface area contributed by atoms with Crippen LogP contribution in [0.4, 0.5) is 5.82 Å². The van der Waals surface area contributed by atoms with E-state index in [9.17, 15) is 0 Å². The van der Waals surface area contributed by atoms with Crippen molar-refractivity contribution in [1.29, 1.82) is 0 Å². The molecule has 0 aliphatic heterocycles. The van der Waals surface area contributed by atoms with Gasteiger partial charge in [0.05, 0.1) is 5.56 Å². The molecular weight excluding hydrogens is 240 g/mol. The van der Waals surface area contributed by atoms with Gasteiger partial charge in [-0.25, -0.2) is 10.8 Å². The standard InChI is InChI=1S/C14H24N4O/c1-9-11(18-15)16-13(14(2,3)4)17-12(9)19-10-7-5-6-8-10/h10H,5-8,15H2,1-4H3,(H,16,17,18). The number of rotatable bonds is 3. The average molecular weight is 264 g/mol. The normalized spacial score (nSPS) is 16.7. The van der Waals surface area contributed by atoms with Crippen LogP contribution in [0, 0.1) is 6.92 Å². The van der Waals surface area contributed by atoms with Gasteiger partial charge >= 0.3 is 0 Å². The molecule has 5 nitrogen and oxygen atoms in total. The van der Waals surface area contributed by atoms with Crippen LogP contribution in [0.15, 0.2) is 0 Å². The lowest BCUT2D eigenvalue weighted by Gasteiger charge is -2.21. The molecule has 0 bridgehead atoms. The van der Waals surface area contributed by atoms with Gasteiger partial charge in [-0.05, 0) is 32.6 Å². The maximum Gasteiger partial charge on any atom is 0.222 e. The van der Waals surface area contributed by atoms with E-state index in [-0.39, 0.29) is 11.5 Å². The molecule has 0 radical (unpaired) electrons. The first-order chi connectivity index (χ1) is 8.91. The summed E-state index contributed by atoms with van der Waals surface area (Å²) in [6, 6.07) is 0. The number of hydrazine groups is 1. The molecule has 1 saturated carbocycles. The highest BCUT2D eigenvalue weighted by Crippen LogP contribution is 2.30. The summed E-state index contributed by atoms with van der Waals surface area (Å²) in [4.78, 5) is 9.06. The zero-order valence-electron chi connectivity index (χ0n) is 12.3. The Kier molecular flexibility index (Phi) is 3.94. The third-order valence-corrected chi connectivity index (χ3v) is 3.49. The fraction of sp³-hybridized carbons (Fsp3) is 0.714. The first-order valence-electron chi connectivity index (χ1n) is 6.94. The Morgan fingerprint density at radius 2 is 1.84 bits per heavy atom. The lowest BCUT2D eigenvalue weighted by atomic mass is 9.95. The van der Waals surface area contributed by atoms with Crippen molar-refractivity contribution in [2.75, 3.05) is 5.43 Å². The smallest absolute Gasteiger partial charge is 0.222 e. The van der Waals surface area contributed by atoms with Gasteiger partial charge < -0.3 is 10.2 Å². The summed E-state index contributed by atoms with van der Waals surface area (Å²) in [7, 11) is 0. The molecule has 0 amide bonds. The molecule has 1 aliphatic rings. The zero-order valence-corrected chi connectivity index (χ0v) is 12.3. The van der Waals surface area contributed by atoms with E-state index in [0.717, 1.165) is 24.2 Å². The lowest BCUT2D eigenvalue weighted by molar-refractivity contribution is 0.198. The van der Waals surface area contributed by atoms with Crippen LogP contribution < -0.4 is 16.0 Å². The lowest BCUT2D eigenvalue weighted by Crippen LogP contribution is -2.22. The van der Waals surface area contributed by atoms with E-state index < -0.39 is 0 Å². The maximum atomic E-state index is 6.04. The van der Waals surface area contributed by atoms with Gasteiger partial charge in [0, 0.05) is 5.41 Å². The van der Waals surface area contributed by atoms with Crippen molar-refractivity contribution in [3.8, 4) is 5.88 Å². The summed E-state index contributed by atoms with van der Waals surface area (Å²) in [6.07, 6.45) is 4.98. The van der Waals surface area contributed by atoms with Gasteiger partial charge in [0.25, 0.3) is 0 Å². The number of nitrogens with zero attached hydrogens (tertiary/aromatic N) is 2. The molecule has 1 aromatic rings. The van der Waals surface area contributed by atoms with Gasteiger partial charge in [-0.2, -0.15) is 4.98 Å². The predicted octanol–water partition coefficient (Wildman–Crippen LogP) is 2.69. The summed E-state index contributed by atoms with van der Waals surface area (Å²) >= 11 is 0. The van der Waals surface area contributed by atoms with Gasteiger partial charge in [-0.3, -0.25) is 0 Å². The molecule has 1 aromatic heterocycles. The van der Waals surface area contributed by atoms with Crippen LogP contribution in [0.5, 0.6) is 5.88 Å². The van der Waals surface area contributed by atoms with Crippen LogP contribution in [-0.2, 0) is 5.41 Å². The number of aromatic nitrogens is 2. The molecule has 0 spiro atoms. The summed E-state index contributed by atoms with van der Waals surface area (Å²) in [5.41, 5.74) is 3.39. The number of hydrogen-bond acceptors (Lipinski definition) is 5. The second-order valence-corrected chi connectivity index (χ2v) is 6.24. The third-order valence-electron chi connectivity index (χ3n) is 3.49. The van der Waals surface area contributed by atoms with Crippen molar-refractivity contribution in [3.05, 3.63) is 11.4 Å². The first-order valence-corrected chi connectivity index (χ1v) is 6.94. The predicted molar refractivity (Wildman–Crippen MR) is 76.2 cm³/mol. The van der Waals surface area contributed by atoms with Crippen LogP contribution in [0.1, 0.15) is 57.8 Å². The molecule has 1 aliphatic carbocycles. The van der Waals surface area contributed by atoms with Crippen molar-refractivity contribution in [1.82, 2.24) is 9.97 Å². The molecule has 5 heteroatoms. The maximum absolute atomic E-state index is 6.04. The Morgan fingerprint density at radius 1 is 1.21 bits per heavy atom. The molecule has 0 unspecified atom stereocenters. The molecule has 1 heterocycles. The molecule has 2 rings (SSSR count). The first kappa shape index (κ1) is 14.1. The van der Waals surface area contributed by atoms with Gasteiger partial charge in [0.15, 0.2) is 5.82 Å². The van der Waals surface area contributed by atoms with Crippen LogP contribution in [0.2, 0.25) is 0 Å². The molecule has 0 atom stereocenters. The molecule has 0 saturated heterocycles. The average Bonchev–Trinajstić information content (AvgIpc) is 2.83. The number of ether oxygens (including phenoxy) is 1. The molecule has 19 heavy (non-hydrogen) atoms. The van der Waals surface area contributed by atoms with Gasteiger partial charge in [-0.15, -0.1) is 0 Å². The Bertz CT molecular complexity index is 447. The van der Waals surface area contributed by atoms with E-state index >= 15 is 0 Å². The van der Waals surface area contributed by atoms with Crippen molar-refractivity contribution >= 4 is 5.82 Å². The Labute approximate surface area is 114 Å². The molecule has 1 fully saturated rings. The molecule has 3 N–H and O–H groups in total. The minimum Gasteiger partial charge on any atom is -0.474 e. The quantitative estimate of drug-likeness (QED) is 0.648. The number of hydrogen-bond donors (Lipinski definition) is 2. The summed E-state index contributed by atoms with van der Waals surface area (Å²) in [5.74, 6) is 7.61. The molecular formula is C14H24N4O. The van der Waals surface area contributed by atoms with Gasteiger partial charge in [0.2, 0.25) is 5.88 Å². The molecule has 0 aromatic carbocycles. The molecule has 106 valence electrons. The Balaban J connectivity index is 2.34. The highest BCUT2D eigenvalue weighted by atomic mass is 16.5. The minimum atomic E-state index is -0.132. The second kappa shape index (κ2) is 5.33. The minimum absolute atomic E-state index is 0.132. The Hall–Kier alpha value is -1.36. The van der Waals surface area contributed by atoms with Gasteiger partial charge in [-0.1, -0.05) is 20.8 Å². The van der Waals surface area contributed by atoms with E-state index in [1.807, 2.05) is 6.92 Å². The van der Waals surface area contributed by atoms with Crippen molar-refractivity contribution in [2.24, 2.45) is 5.84 Å². The second-order valence-electron chi connectivity index (χ2n) is 6.24. The summed E-state index contributed by atoms with van der Waals surface area (Å²) < 4.78 is 6.04. The van der Waals surface area contributed by atoms with Crippen molar-refractivity contribution < 1.29 is 4.74 Å². The van der Waals surface area contributed by atoms with E-state index in [0.29, 0.717) is 11.7 Å². The van der Waals surface area contributed by atoms with Crippen molar-refractivity contribution in [3.63, 3.8) is 0 Å². The topological polar surface area (TPSA) is 73.1 Å². The number of nitrogen functional groups attached to an aromatic ring is 1. The number of nitrogens with one attached hydrogen (secondary N) is 1. The van der Waals surface area contributed by atoms with Crippen molar-refractivity contribution in [2.45, 2.75) is 64.9 Å². The highest BCUT2D eigenvalue weighted by Gasteiger charge is 2.24. The van der Waals surface area contributed by atoms with Crippen LogP contribution in [0.25, 0.3) is 0 Å². The number of anilines is 1. The van der Waals surface area contributed by atoms with E-state index in [1.165, 1.54) is 12.8 Å².